The molecule has 0 saturated heterocycles. The minimum absolute atomic E-state index is 0.209. The Morgan fingerprint density at radius 3 is 1.97 bits per heavy atom. The van der Waals surface area contributed by atoms with Gasteiger partial charge in [0.1, 0.15) is 23.9 Å². The zero-order valence-corrected chi connectivity index (χ0v) is 19.3. The van der Waals surface area contributed by atoms with Crippen LogP contribution in [0.15, 0.2) is 24.3 Å². The number of hydrogen-bond donors (Lipinski definition) is 2. The van der Waals surface area contributed by atoms with E-state index < -0.39 is 44.8 Å². The number of hydrogen-bond acceptors (Lipinski definition) is 7. The van der Waals surface area contributed by atoms with Crippen LogP contribution in [0.5, 0.6) is 0 Å². The molecule has 0 bridgehead atoms. The molecule has 9 nitrogen and oxygen atoms in total. The van der Waals surface area contributed by atoms with Gasteiger partial charge < -0.3 is 14.2 Å². The van der Waals surface area contributed by atoms with Crippen molar-refractivity contribution in [1.82, 2.24) is 5.32 Å². The molecule has 0 heterocycles. The van der Waals surface area contributed by atoms with Gasteiger partial charge in [0.2, 0.25) is 10.3 Å². The number of ether oxygens (including phenoxy) is 3. The Bertz CT molecular complexity index is 955. The molecule has 1 atom stereocenters. The average Bonchev–Trinajstić information content (AvgIpc) is 2.58. The molecule has 0 radical (unpaired) electrons. The van der Waals surface area contributed by atoms with Crippen LogP contribution in [0.2, 0.25) is 0 Å². The van der Waals surface area contributed by atoms with E-state index in [2.05, 4.69) is 16.6 Å². The van der Waals surface area contributed by atoms with Gasteiger partial charge in [0.25, 0.3) is 0 Å². The summed E-state index contributed by atoms with van der Waals surface area (Å²) in [5.74, 6) is 2.26. The van der Waals surface area contributed by atoms with Crippen molar-refractivity contribution in [3.8, 4) is 12.3 Å². The molecular weight excluding hydrogens is 424 g/mol. The topological polar surface area (TPSA) is 120 Å². The first kappa shape index (κ1) is 26.0. The van der Waals surface area contributed by atoms with Crippen LogP contribution in [-0.2, 0) is 24.5 Å². The van der Waals surface area contributed by atoms with Gasteiger partial charge in [-0.1, -0.05) is 18.1 Å². The number of carbonyl (C=O) groups is 2. The van der Waals surface area contributed by atoms with Crippen LogP contribution < -0.4 is 10.6 Å². The molecule has 31 heavy (non-hydrogen) atoms. The van der Waals surface area contributed by atoms with E-state index in [4.69, 9.17) is 20.6 Å². The SMILES string of the molecule is C#CCOC(C(NC(=O)OC(C)(C)C)=S(=O)=O)c1ccc(NC(=O)OC(C)(C)C)cc1. The number of benzene rings is 1. The standard InChI is InChI=1S/C21H28N2O7S/c1-8-13-28-16(17(31(26)27)23-19(25)30-21(5,6)7)14-9-11-15(12-10-14)22-18(24)29-20(2,3)4/h1,9-12,16H,13H2,2-7H3,(H,22,24)(H,23,25). The Morgan fingerprint density at radius 1 is 1.00 bits per heavy atom. The lowest BCUT2D eigenvalue weighted by atomic mass is 10.1. The van der Waals surface area contributed by atoms with E-state index in [1.165, 1.54) is 24.3 Å². The summed E-state index contributed by atoms with van der Waals surface area (Å²) in [7, 11) is -2.84. The van der Waals surface area contributed by atoms with Crippen molar-refractivity contribution < 1.29 is 32.2 Å². The molecule has 0 spiro atoms. The summed E-state index contributed by atoms with van der Waals surface area (Å²) in [6, 6.07) is 6.11. The molecule has 10 heteroatoms. The van der Waals surface area contributed by atoms with Gasteiger partial charge in [0.05, 0.1) is 0 Å². The van der Waals surface area contributed by atoms with Gasteiger partial charge in [0.15, 0.2) is 4.99 Å². The van der Waals surface area contributed by atoms with Gasteiger partial charge in [0, 0.05) is 5.69 Å². The van der Waals surface area contributed by atoms with Gasteiger partial charge in [-0.2, -0.15) is 8.42 Å². The largest absolute Gasteiger partial charge is 0.444 e. The first-order valence-electron chi connectivity index (χ1n) is 9.33. The molecule has 0 aliphatic rings. The zero-order valence-electron chi connectivity index (χ0n) is 18.4. The number of anilines is 1. The smallest absolute Gasteiger partial charge is 0.412 e. The van der Waals surface area contributed by atoms with Crippen LogP contribution in [0.4, 0.5) is 15.3 Å². The van der Waals surface area contributed by atoms with Crippen LogP contribution in [0, 0.1) is 12.3 Å². The van der Waals surface area contributed by atoms with E-state index >= 15 is 0 Å². The normalized spacial score (nSPS) is 12.2. The second kappa shape index (κ2) is 10.8. The highest BCUT2D eigenvalue weighted by Crippen LogP contribution is 2.21. The summed E-state index contributed by atoms with van der Waals surface area (Å²) in [6.07, 6.45) is 2.44. The first-order valence-corrected chi connectivity index (χ1v) is 10.4. The highest BCUT2D eigenvalue weighted by atomic mass is 32.2. The minimum Gasteiger partial charge on any atom is -0.444 e. The summed E-state index contributed by atoms with van der Waals surface area (Å²) in [5.41, 5.74) is -0.698. The van der Waals surface area contributed by atoms with Gasteiger partial charge >= 0.3 is 12.2 Å². The van der Waals surface area contributed by atoms with E-state index in [0.29, 0.717) is 11.3 Å². The molecule has 0 aliphatic carbocycles. The summed E-state index contributed by atoms with van der Waals surface area (Å²) < 4.78 is 39.4. The fourth-order valence-electron chi connectivity index (χ4n) is 2.22. The molecule has 0 saturated carbocycles. The lowest BCUT2D eigenvalue weighted by molar-refractivity contribution is 0.0548. The molecule has 1 aromatic rings. The van der Waals surface area contributed by atoms with Gasteiger partial charge in [-0.3, -0.25) is 10.6 Å². The Hall–Kier alpha value is -3.03. The van der Waals surface area contributed by atoms with Crippen LogP contribution in [0.1, 0.15) is 53.2 Å². The third-order valence-electron chi connectivity index (χ3n) is 3.23. The number of rotatable bonds is 5. The fraction of sp³-hybridized carbons (Fsp3) is 0.476. The maximum atomic E-state index is 12.1. The molecule has 0 fully saturated rings. The summed E-state index contributed by atoms with van der Waals surface area (Å²) in [6.45, 7) is 9.93. The zero-order chi connectivity index (χ0) is 23.8. The van der Waals surface area contributed by atoms with Crippen LogP contribution >= 0.6 is 0 Å². The first-order chi connectivity index (χ1) is 14.2. The quantitative estimate of drug-likeness (QED) is 0.520. The monoisotopic (exact) mass is 452 g/mol. The molecule has 1 unspecified atom stereocenters. The Kier molecular flexibility index (Phi) is 9.09. The van der Waals surface area contributed by atoms with Gasteiger partial charge in [-0.15, -0.1) is 6.42 Å². The molecule has 0 aliphatic heterocycles. The maximum Gasteiger partial charge on any atom is 0.412 e. The summed E-state index contributed by atoms with van der Waals surface area (Å²) >= 11 is 0. The number of amides is 2. The predicted molar refractivity (Wildman–Crippen MR) is 117 cm³/mol. The van der Waals surface area contributed by atoms with E-state index in [1.54, 1.807) is 41.5 Å². The Labute approximate surface area is 184 Å². The van der Waals surface area contributed by atoms with Gasteiger partial charge in [-0.25, -0.2) is 9.59 Å². The van der Waals surface area contributed by atoms with Crippen molar-refractivity contribution in [2.24, 2.45) is 0 Å². The van der Waals surface area contributed by atoms with E-state index in [1.807, 2.05) is 0 Å². The third kappa shape index (κ3) is 10.0. The molecule has 170 valence electrons. The molecule has 1 rings (SSSR count). The van der Waals surface area contributed by atoms with Gasteiger partial charge in [-0.05, 0) is 59.2 Å². The molecule has 2 amide bonds. The number of terminal acetylenes is 1. The maximum absolute atomic E-state index is 12.1. The van der Waals surface area contributed by atoms with E-state index in [9.17, 15) is 18.0 Å². The van der Waals surface area contributed by atoms with Crippen LogP contribution in [0.3, 0.4) is 0 Å². The van der Waals surface area contributed by atoms with E-state index in [-0.39, 0.29) is 6.61 Å². The molecule has 1 aromatic carbocycles. The second-order valence-electron chi connectivity index (χ2n) is 8.37. The fourth-order valence-corrected chi connectivity index (χ4v) is 2.76. The third-order valence-corrected chi connectivity index (χ3v) is 3.91. The van der Waals surface area contributed by atoms with Crippen LogP contribution in [0.25, 0.3) is 0 Å². The van der Waals surface area contributed by atoms with Crippen molar-refractivity contribution >= 4 is 33.2 Å². The Morgan fingerprint density at radius 2 is 1.52 bits per heavy atom. The number of carbonyl (C=O) groups excluding carboxylic acids is 2. The molecule has 2 N–H and O–H groups in total. The average molecular weight is 453 g/mol. The van der Waals surface area contributed by atoms with Crippen molar-refractivity contribution in [3.63, 3.8) is 0 Å². The predicted octanol–water partition coefficient (Wildman–Crippen LogP) is 3.26. The van der Waals surface area contributed by atoms with Crippen molar-refractivity contribution in [2.75, 3.05) is 11.9 Å². The molecular formula is C21H28N2O7S. The van der Waals surface area contributed by atoms with E-state index in [0.717, 1.165) is 0 Å². The van der Waals surface area contributed by atoms with Crippen molar-refractivity contribution in [3.05, 3.63) is 29.8 Å². The van der Waals surface area contributed by atoms with Crippen molar-refractivity contribution in [2.45, 2.75) is 58.8 Å². The summed E-state index contributed by atoms with van der Waals surface area (Å²) in [4.78, 5) is 23.5. The second-order valence-corrected chi connectivity index (χ2v) is 9.28. The highest BCUT2D eigenvalue weighted by Gasteiger charge is 2.26. The highest BCUT2D eigenvalue weighted by molar-refractivity contribution is 7.73. The van der Waals surface area contributed by atoms with Crippen LogP contribution in [-0.4, -0.2) is 43.4 Å². The number of alkyl carbamates (subject to hydrolysis) is 1. The lowest BCUT2D eigenvalue weighted by Crippen LogP contribution is -2.40. The van der Waals surface area contributed by atoms with Crippen molar-refractivity contribution in [1.29, 1.82) is 0 Å². The Balaban J connectivity index is 3.12. The number of nitrogens with one attached hydrogen (secondary N) is 2. The lowest BCUT2D eigenvalue weighted by Gasteiger charge is -2.22. The summed E-state index contributed by atoms with van der Waals surface area (Å²) in [5, 5.41) is 4.78. The minimum atomic E-state index is -2.84. The molecule has 0 aromatic heterocycles.